The van der Waals surface area contributed by atoms with Crippen molar-refractivity contribution in [3.63, 3.8) is 0 Å². The molecular formula is C23H23N3O3. The van der Waals surface area contributed by atoms with E-state index in [2.05, 4.69) is 22.4 Å². The first kappa shape index (κ1) is 20.1. The number of nitrogens with one attached hydrogen (secondary N) is 1. The Kier molecular flexibility index (Phi) is 6.58. The summed E-state index contributed by atoms with van der Waals surface area (Å²) in [5, 5.41) is 2.82. The molecule has 3 rings (SSSR count). The van der Waals surface area contributed by atoms with Gasteiger partial charge in [-0.25, -0.2) is 4.79 Å². The van der Waals surface area contributed by atoms with Crippen molar-refractivity contribution in [2.75, 3.05) is 23.9 Å². The van der Waals surface area contributed by atoms with Crippen LogP contribution in [0.4, 0.5) is 11.4 Å². The predicted molar refractivity (Wildman–Crippen MR) is 113 cm³/mol. The van der Waals surface area contributed by atoms with E-state index in [0.717, 1.165) is 5.69 Å². The van der Waals surface area contributed by atoms with Gasteiger partial charge in [-0.3, -0.25) is 9.78 Å². The van der Waals surface area contributed by atoms with Crippen molar-refractivity contribution in [1.82, 2.24) is 4.98 Å². The molecule has 0 atom stereocenters. The topological polar surface area (TPSA) is 71.5 Å². The minimum atomic E-state index is -0.385. The second kappa shape index (κ2) is 9.50. The van der Waals surface area contributed by atoms with E-state index in [1.54, 1.807) is 43.5 Å². The summed E-state index contributed by atoms with van der Waals surface area (Å²) in [7, 11) is 1.96. The van der Waals surface area contributed by atoms with Gasteiger partial charge < -0.3 is 15.0 Å². The summed E-state index contributed by atoms with van der Waals surface area (Å²) in [5.41, 5.74) is 3.50. The maximum Gasteiger partial charge on any atom is 0.338 e. The highest BCUT2D eigenvalue weighted by Crippen LogP contribution is 2.18. The molecule has 0 bridgehead atoms. The molecule has 2 aromatic carbocycles. The second-order valence-electron chi connectivity index (χ2n) is 6.53. The fraction of sp³-hybridized carbons (Fsp3) is 0.174. The van der Waals surface area contributed by atoms with E-state index in [4.69, 9.17) is 4.74 Å². The maximum atomic E-state index is 12.6. The number of carbonyl (C=O) groups excluding carboxylic acids is 2. The Morgan fingerprint density at radius 1 is 1.00 bits per heavy atom. The van der Waals surface area contributed by atoms with Crippen LogP contribution < -0.4 is 10.2 Å². The van der Waals surface area contributed by atoms with Crippen LogP contribution in [-0.4, -0.2) is 30.5 Å². The molecule has 6 heteroatoms. The van der Waals surface area contributed by atoms with Crippen molar-refractivity contribution in [2.24, 2.45) is 0 Å². The van der Waals surface area contributed by atoms with Gasteiger partial charge >= 0.3 is 5.97 Å². The Hall–Kier alpha value is -3.67. The highest BCUT2D eigenvalue weighted by molar-refractivity contribution is 6.04. The summed E-state index contributed by atoms with van der Waals surface area (Å²) < 4.78 is 4.96. The molecular weight excluding hydrogens is 366 g/mol. The number of pyridine rings is 1. The van der Waals surface area contributed by atoms with Crippen molar-refractivity contribution in [1.29, 1.82) is 0 Å². The Morgan fingerprint density at radius 2 is 1.72 bits per heavy atom. The van der Waals surface area contributed by atoms with E-state index in [0.29, 0.717) is 30.0 Å². The Labute approximate surface area is 170 Å². The third-order valence-electron chi connectivity index (χ3n) is 4.34. The molecule has 0 radical (unpaired) electrons. The highest BCUT2D eigenvalue weighted by atomic mass is 16.5. The van der Waals surface area contributed by atoms with Crippen LogP contribution in [-0.2, 0) is 11.3 Å². The summed E-state index contributed by atoms with van der Waals surface area (Å²) in [6, 6.07) is 18.5. The van der Waals surface area contributed by atoms with Gasteiger partial charge in [-0.15, -0.1) is 0 Å². The first-order valence-corrected chi connectivity index (χ1v) is 9.35. The summed E-state index contributed by atoms with van der Waals surface area (Å²) in [6.45, 7) is 2.79. The number of amides is 1. The summed E-state index contributed by atoms with van der Waals surface area (Å²) >= 11 is 0. The number of hydrogen-bond acceptors (Lipinski definition) is 5. The molecule has 1 aromatic heterocycles. The zero-order valence-corrected chi connectivity index (χ0v) is 16.5. The van der Waals surface area contributed by atoms with Crippen LogP contribution in [0.2, 0.25) is 0 Å². The largest absolute Gasteiger partial charge is 0.462 e. The molecule has 6 nitrogen and oxygen atoms in total. The zero-order valence-electron chi connectivity index (χ0n) is 16.5. The van der Waals surface area contributed by atoms with Crippen LogP contribution in [0.25, 0.3) is 0 Å². The van der Waals surface area contributed by atoms with E-state index < -0.39 is 0 Å². The van der Waals surface area contributed by atoms with E-state index in [1.165, 1.54) is 11.8 Å². The first-order chi connectivity index (χ1) is 14.1. The van der Waals surface area contributed by atoms with Gasteiger partial charge in [0.1, 0.15) is 0 Å². The highest BCUT2D eigenvalue weighted by Gasteiger charge is 2.11. The molecule has 29 heavy (non-hydrogen) atoms. The van der Waals surface area contributed by atoms with Crippen molar-refractivity contribution in [3.05, 3.63) is 89.7 Å². The van der Waals surface area contributed by atoms with Crippen molar-refractivity contribution in [2.45, 2.75) is 13.5 Å². The minimum absolute atomic E-state index is 0.267. The quantitative estimate of drug-likeness (QED) is 0.615. The molecule has 0 aliphatic carbocycles. The molecule has 1 amide bonds. The van der Waals surface area contributed by atoms with Gasteiger partial charge in [-0.1, -0.05) is 30.3 Å². The van der Waals surface area contributed by atoms with Crippen LogP contribution in [0.5, 0.6) is 0 Å². The molecule has 0 saturated carbocycles. The number of carbonyl (C=O) groups is 2. The Bertz CT molecular complexity index is 972. The number of benzene rings is 2. The number of anilines is 2. The molecule has 1 heterocycles. The van der Waals surface area contributed by atoms with Crippen LogP contribution in [0.1, 0.15) is 33.2 Å². The van der Waals surface area contributed by atoms with Gasteiger partial charge in [-0.05, 0) is 42.8 Å². The molecule has 0 unspecified atom stereocenters. The van der Waals surface area contributed by atoms with Crippen molar-refractivity contribution >= 4 is 23.3 Å². The predicted octanol–water partition coefficient (Wildman–Crippen LogP) is 4.15. The van der Waals surface area contributed by atoms with E-state index in [1.807, 2.05) is 30.1 Å². The normalized spacial score (nSPS) is 10.3. The van der Waals surface area contributed by atoms with Gasteiger partial charge in [0.05, 0.1) is 29.6 Å². The van der Waals surface area contributed by atoms with Crippen LogP contribution >= 0.6 is 0 Å². The third kappa shape index (κ3) is 5.42. The summed E-state index contributed by atoms with van der Waals surface area (Å²) in [5.74, 6) is -0.653. The molecule has 0 aliphatic heterocycles. The fourth-order valence-electron chi connectivity index (χ4n) is 2.82. The lowest BCUT2D eigenvalue weighted by molar-refractivity contribution is 0.0526. The van der Waals surface area contributed by atoms with Crippen LogP contribution in [0, 0.1) is 0 Å². The molecule has 3 aromatic rings. The van der Waals surface area contributed by atoms with Gasteiger partial charge in [0.15, 0.2) is 0 Å². The maximum absolute atomic E-state index is 12.6. The average molecular weight is 389 g/mol. The lowest BCUT2D eigenvalue weighted by Gasteiger charge is -2.19. The van der Waals surface area contributed by atoms with Gasteiger partial charge in [-0.2, -0.15) is 0 Å². The van der Waals surface area contributed by atoms with E-state index in [9.17, 15) is 9.59 Å². The summed E-state index contributed by atoms with van der Waals surface area (Å²) in [4.78, 5) is 30.6. The van der Waals surface area contributed by atoms with Crippen molar-refractivity contribution in [3.8, 4) is 0 Å². The molecule has 0 saturated heterocycles. The zero-order chi connectivity index (χ0) is 20.6. The van der Waals surface area contributed by atoms with Crippen LogP contribution in [0.15, 0.2) is 73.1 Å². The Morgan fingerprint density at radius 3 is 2.41 bits per heavy atom. The lowest BCUT2D eigenvalue weighted by Crippen LogP contribution is -2.18. The molecule has 0 aliphatic rings. The average Bonchev–Trinajstić information content (AvgIpc) is 2.75. The number of hydrogen-bond donors (Lipinski definition) is 1. The third-order valence-corrected chi connectivity index (χ3v) is 4.34. The lowest BCUT2D eigenvalue weighted by atomic mass is 10.2. The minimum Gasteiger partial charge on any atom is -0.462 e. The molecule has 0 fully saturated rings. The molecule has 1 N–H and O–H groups in total. The van der Waals surface area contributed by atoms with Gasteiger partial charge in [0, 0.05) is 25.5 Å². The molecule has 0 spiro atoms. The Balaban J connectivity index is 1.67. The standard InChI is InChI=1S/C23H23N3O3/c1-3-29-23(28)18-9-11-20(12-10-18)25-22(27)19-13-21(15-24-14-19)26(2)16-17-7-5-4-6-8-17/h4-15H,3,16H2,1-2H3,(H,25,27). The van der Waals surface area contributed by atoms with Crippen molar-refractivity contribution < 1.29 is 14.3 Å². The monoisotopic (exact) mass is 389 g/mol. The van der Waals surface area contributed by atoms with E-state index >= 15 is 0 Å². The second-order valence-corrected chi connectivity index (χ2v) is 6.53. The smallest absolute Gasteiger partial charge is 0.338 e. The first-order valence-electron chi connectivity index (χ1n) is 9.35. The van der Waals surface area contributed by atoms with E-state index in [-0.39, 0.29) is 11.9 Å². The summed E-state index contributed by atoms with van der Waals surface area (Å²) in [6.07, 6.45) is 3.26. The number of nitrogens with zero attached hydrogens (tertiary/aromatic N) is 2. The number of rotatable bonds is 7. The van der Waals surface area contributed by atoms with Crippen LogP contribution in [0.3, 0.4) is 0 Å². The molecule has 148 valence electrons. The number of ether oxygens (including phenoxy) is 1. The number of esters is 1. The SMILES string of the molecule is CCOC(=O)c1ccc(NC(=O)c2cncc(N(C)Cc3ccccc3)c2)cc1. The number of aromatic nitrogens is 1. The fourth-order valence-corrected chi connectivity index (χ4v) is 2.82. The van der Waals surface area contributed by atoms with Gasteiger partial charge in [0.2, 0.25) is 0 Å². The van der Waals surface area contributed by atoms with Gasteiger partial charge in [0.25, 0.3) is 5.91 Å².